The fraction of sp³-hybridized carbons (Fsp3) is 0.786. The minimum atomic E-state index is -0.715. The first-order chi connectivity index (χ1) is 9.53. The van der Waals surface area contributed by atoms with E-state index >= 15 is 0 Å². The highest BCUT2D eigenvalue weighted by atomic mass is 16.2. The molecule has 2 heterocycles. The summed E-state index contributed by atoms with van der Waals surface area (Å²) in [6, 6.07) is 0. The van der Waals surface area contributed by atoms with Crippen LogP contribution in [0.2, 0.25) is 0 Å². The number of nitrogens with zero attached hydrogens (tertiary/aromatic N) is 4. The average Bonchev–Trinajstić information content (AvgIpc) is 2.91. The molecule has 0 saturated carbocycles. The van der Waals surface area contributed by atoms with E-state index < -0.39 is 5.54 Å². The Balaban J connectivity index is 1.83. The van der Waals surface area contributed by atoms with Crippen LogP contribution in [0, 0.1) is 5.92 Å². The molecule has 0 aliphatic carbocycles. The van der Waals surface area contributed by atoms with E-state index in [-0.39, 0.29) is 5.91 Å². The predicted octanol–water partition coefficient (Wildman–Crippen LogP) is 1.03. The maximum atomic E-state index is 12.4. The third kappa shape index (κ3) is 3.56. The van der Waals surface area contributed by atoms with Crippen molar-refractivity contribution >= 4 is 5.91 Å². The van der Waals surface area contributed by atoms with Gasteiger partial charge in [0, 0.05) is 25.8 Å². The number of carbonyl (C=O) groups excluding carboxylic acids is 1. The summed E-state index contributed by atoms with van der Waals surface area (Å²) >= 11 is 0. The second-order valence-electron chi connectivity index (χ2n) is 6.03. The van der Waals surface area contributed by atoms with Crippen molar-refractivity contribution in [2.75, 3.05) is 13.1 Å². The van der Waals surface area contributed by atoms with Gasteiger partial charge in [-0.1, -0.05) is 18.6 Å². The van der Waals surface area contributed by atoms with E-state index in [1.54, 1.807) is 6.20 Å². The van der Waals surface area contributed by atoms with E-state index in [4.69, 9.17) is 5.73 Å². The molecule has 0 spiro atoms. The molecule has 2 N–H and O–H groups in total. The molecule has 1 unspecified atom stereocenters. The molecule has 0 bridgehead atoms. The lowest BCUT2D eigenvalue weighted by Crippen LogP contribution is -2.55. The number of aromatic nitrogens is 3. The van der Waals surface area contributed by atoms with E-state index in [9.17, 15) is 4.79 Å². The molecule has 1 atom stereocenters. The number of hydrogen-bond acceptors (Lipinski definition) is 4. The molecule has 1 saturated heterocycles. The van der Waals surface area contributed by atoms with Gasteiger partial charge in [0.05, 0.1) is 11.7 Å². The summed E-state index contributed by atoms with van der Waals surface area (Å²) < 4.78 is 1.87. The highest BCUT2D eigenvalue weighted by Gasteiger charge is 2.33. The van der Waals surface area contributed by atoms with Crippen LogP contribution in [0.25, 0.3) is 0 Å². The highest BCUT2D eigenvalue weighted by Crippen LogP contribution is 2.22. The predicted molar refractivity (Wildman–Crippen MR) is 76.8 cm³/mol. The molecule has 6 heteroatoms. The van der Waals surface area contributed by atoms with Gasteiger partial charge < -0.3 is 10.6 Å². The van der Waals surface area contributed by atoms with Crippen LogP contribution < -0.4 is 5.73 Å². The van der Waals surface area contributed by atoms with Gasteiger partial charge in [-0.2, -0.15) is 0 Å². The molecule has 6 nitrogen and oxygen atoms in total. The Morgan fingerprint density at radius 1 is 1.45 bits per heavy atom. The highest BCUT2D eigenvalue weighted by molar-refractivity contribution is 5.85. The van der Waals surface area contributed by atoms with Crippen molar-refractivity contribution in [3.8, 4) is 0 Å². The average molecular weight is 279 g/mol. The molecule has 1 aromatic rings. The van der Waals surface area contributed by atoms with Gasteiger partial charge in [-0.3, -0.25) is 9.48 Å². The van der Waals surface area contributed by atoms with Crippen molar-refractivity contribution in [2.24, 2.45) is 11.7 Å². The number of nitrogens with two attached hydrogens (primary N) is 1. The van der Waals surface area contributed by atoms with Gasteiger partial charge in [-0.25, -0.2) is 0 Å². The SMILES string of the molecule is CCCC(C)(N)C(=O)N1CCC(Cn2ccnn2)CC1. The van der Waals surface area contributed by atoms with Crippen LogP contribution in [-0.2, 0) is 11.3 Å². The van der Waals surface area contributed by atoms with Crippen LogP contribution in [0.3, 0.4) is 0 Å². The smallest absolute Gasteiger partial charge is 0.242 e. The van der Waals surface area contributed by atoms with Gasteiger partial charge in [0.25, 0.3) is 0 Å². The number of amides is 1. The van der Waals surface area contributed by atoms with Gasteiger partial charge >= 0.3 is 0 Å². The van der Waals surface area contributed by atoms with E-state index in [2.05, 4.69) is 17.2 Å². The van der Waals surface area contributed by atoms with Crippen molar-refractivity contribution in [2.45, 2.75) is 51.6 Å². The Labute approximate surface area is 120 Å². The van der Waals surface area contributed by atoms with Crippen molar-refractivity contribution in [1.82, 2.24) is 19.9 Å². The molecule has 112 valence electrons. The van der Waals surface area contributed by atoms with E-state index in [1.807, 2.05) is 22.7 Å². The lowest BCUT2D eigenvalue weighted by molar-refractivity contribution is -0.138. The standard InChI is InChI=1S/C14H25N5O/c1-3-6-14(2,15)13(20)18-8-4-12(5-9-18)11-19-10-7-16-17-19/h7,10,12H,3-6,8-9,11,15H2,1-2H3. The zero-order valence-electron chi connectivity index (χ0n) is 12.5. The third-order valence-corrected chi connectivity index (χ3v) is 4.08. The van der Waals surface area contributed by atoms with Crippen LogP contribution >= 0.6 is 0 Å². The third-order valence-electron chi connectivity index (χ3n) is 4.08. The number of rotatable bonds is 5. The summed E-state index contributed by atoms with van der Waals surface area (Å²) in [5.41, 5.74) is 5.42. The van der Waals surface area contributed by atoms with Crippen molar-refractivity contribution < 1.29 is 4.79 Å². The molecule has 0 aromatic carbocycles. The van der Waals surface area contributed by atoms with E-state index in [0.717, 1.165) is 45.3 Å². The normalized spacial score (nSPS) is 19.9. The van der Waals surface area contributed by atoms with Crippen molar-refractivity contribution in [1.29, 1.82) is 0 Å². The fourth-order valence-electron chi connectivity index (χ4n) is 2.90. The second kappa shape index (κ2) is 6.35. The van der Waals surface area contributed by atoms with Crippen LogP contribution in [0.15, 0.2) is 12.4 Å². The number of carbonyl (C=O) groups is 1. The van der Waals surface area contributed by atoms with Crippen LogP contribution in [0.1, 0.15) is 39.5 Å². The molecule has 1 amide bonds. The Morgan fingerprint density at radius 3 is 2.70 bits per heavy atom. The maximum Gasteiger partial charge on any atom is 0.242 e. The quantitative estimate of drug-likeness (QED) is 0.873. The monoisotopic (exact) mass is 279 g/mol. The van der Waals surface area contributed by atoms with Crippen LogP contribution in [-0.4, -0.2) is 44.4 Å². The maximum absolute atomic E-state index is 12.4. The molecular weight excluding hydrogens is 254 g/mol. The van der Waals surface area contributed by atoms with Crippen LogP contribution in [0.4, 0.5) is 0 Å². The summed E-state index contributed by atoms with van der Waals surface area (Å²) in [7, 11) is 0. The molecule has 1 fully saturated rings. The number of hydrogen-bond donors (Lipinski definition) is 1. The van der Waals surface area contributed by atoms with Gasteiger partial charge in [0.2, 0.25) is 5.91 Å². The minimum absolute atomic E-state index is 0.0959. The largest absolute Gasteiger partial charge is 0.341 e. The Morgan fingerprint density at radius 2 is 2.15 bits per heavy atom. The topological polar surface area (TPSA) is 77.0 Å². The van der Waals surface area contributed by atoms with Crippen molar-refractivity contribution in [3.05, 3.63) is 12.4 Å². The van der Waals surface area contributed by atoms with Gasteiger partial charge in [-0.15, -0.1) is 5.10 Å². The van der Waals surface area contributed by atoms with E-state index in [1.165, 1.54) is 0 Å². The zero-order valence-corrected chi connectivity index (χ0v) is 12.5. The Hall–Kier alpha value is -1.43. The molecular formula is C14H25N5O. The molecule has 1 aliphatic heterocycles. The molecule has 0 radical (unpaired) electrons. The summed E-state index contributed by atoms with van der Waals surface area (Å²) in [6.45, 7) is 6.39. The number of piperidine rings is 1. The van der Waals surface area contributed by atoms with Crippen LogP contribution in [0.5, 0.6) is 0 Å². The summed E-state index contributed by atoms with van der Waals surface area (Å²) in [4.78, 5) is 14.3. The van der Waals surface area contributed by atoms with Gasteiger partial charge in [-0.05, 0) is 32.1 Å². The summed E-state index contributed by atoms with van der Waals surface area (Å²) in [6.07, 6.45) is 7.27. The lowest BCUT2D eigenvalue weighted by Gasteiger charge is -2.36. The van der Waals surface area contributed by atoms with Crippen molar-refractivity contribution in [3.63, 3.8) is 0 Å². The summed E-state index contributed by atoms with van der Waals surface area (Å²) in [5, 5.41) is 7.81. The summed E-state index contributed by atoms with van der Waals surface area (Å²) in [5.74, 6) is 0.662. The first-order valence-corrected chi connectivity index (χ1v) is 7.45. The first-order valence-electron chi connectivity index (χ1n) is 7.45. The molecule has 20 heavy (non-hydrogen) atoms. The first kappa shape index (κ1) is 15.0. The van der Waals surface area contributed by atoms with Gasteiger partial charge in [0.15, 0.2) is 0 Å². The van der Waals surface area contributed by atoms with E-state index in [0.29, 0.717) is 5.92 Å². The zero-order chi connectivity index (χ0) is 14.6. The fourth-order valence-corrected chi connectivity index (χ4v) is 2.90. The lowest BCUT2D eigenvalue weighted by atomic mass is 9.92. The second-order valence-corrected chi connectivity index (χ2v) is 6.03. The minimum Gasteiger partial charge on any atom is -0.341 e. The molecule has 1 aromatic heterocycles. The van der Waals surface area contributed by atoms with Gasteiger partial charge in [0.1, 0.15) is 0 Å². The molecule has 1 aliphatic rings. The molecule has 2 rings (SSSR count). The Kier molecular flexibility index (Phi) is 4.75. The Bertz CT molecular complexity index is 421. The number of likely N-dealkylation sites (tertiary alicyclic amines) is 1.